The van der Waals surface area contributed by atoms with Gasteiger partial charge in [0.05, 0.1) is 31.3 Å². The summed E-state index contributed by atoms with van der Waals surface area (Å²) in [6.45, 7) is 1.92. The molecule has 0 aromatic heterocycles. The van der Waals surface area contributed by atoms with Crippen molar-refractivity contribution in [2.45, 2.75) is 13.3 Å². The highest BCUT2D eigenvalue weighted by atomic mass is 16.6. The largest absolute Gasteiger partial charge is 0.490 e. The number of nitro groups is 1. The zero-order valence-corrected chi connectivity index (χ0v) is 16.5. The number of hydrogen-bond donors (Lipinski definition) is 1. The first-order chi connectivity index (χ1) is 14.4. The summed E-state index contributed by atoms with van der Waals surface area (Å²) in [5.41, 5.74) is 3.11. The second kappa shape index (κ2) is 11.1. The smallest absolute Gasteiger partial charge is 0.343 e. The fourth-order valence-corrected chi connectivity index (χ4v) is 2.42. The summed E-state index contributed by atoms with van der Waals surface area (Å²) in [5, 5.41) is 14.9. The molecule has 10 nitrogen and oxygen atoms in total. The van der Waals surface area contributed by atoms with Gasteiger partial charge in [0.2, 0.25) is 5.91 Å². The van der Waals surface area contributed by atoms with E-state index in [2.05, 4.69) is 15.3 Å². The van der Waals surface area contributed by atoms with E-state index >= 15 is 0 Å². The number of nitrogens with one attached hydrogen (secondary N) is 1. The first-order valence-electron chi connectivity index (χ1n) is 8.95. The second-order valence-corrected chi connectivity index (χ2v) is 5.86. The van der Waals surface area contributed by atoms with Gasteiger partial charge in [0.15, 0.2) is 18.1 Å². The number of esters is 1. The van der Waals surface area contributed by atoms with Crippen molar-refractivity contribution < 1.29 is 28.7 Å². The van der Waals surface area contributed by atoms with Crippen molar-refractivity contribution in [2.75, 3.05) is 20.3 Å². The molecule has 1 N–H and O–H groups in total. The number of carbonyl (C=O) groups excluding carboxylic acids is 2. The standard InChI is InChI=1S/C20H21N3O7/c1-3-29-18-10-14(8-9-17(18)30-13-20(25)28-2)12-21-22-19(24)11-15-6-4-5-7-16(15)23(26)27/h4-10,12H,3,11,13H2,1-2H3,(H,22,24). The van der Waals surface area contributed by atoms with Crippen molar-refractivity contribution in [2.24, 2.45) is 5.10 Å². The molecule has 0 unspecified atom stereocenters. The molecule has 1 amide bonds. The second-order valence-electron chi connectivity index (χ2n) is 5.86. The van der Waals surface area contributed by atoms with Crippen LogP contribution in [0, 0.1) is 10.1 Å². The number of hydrogen-bond acceptors (Lipinski definition) is 8. The molecule has 0 spiro atoms. The average Bonchev–Trinajstić information content (AvgIpc) is 2.73. The van der Waals surface area contributed by atoms with Gasteiger partial charge in [0.1, 0.15) is 0 Å². The fourth-order valence-electron chi connectivity index (χ4n) is 2.42. The molecular formula is C20H21N3O7. The molecule has 0 radical (unpaired) electrons. The molecule has 0 heterocycles. The molecular weight excluding hydrogens is 394 g/mol. The van der Waals surface area contributed by atoms with Crippen LogP contribution in [0.2, 0.25) is 0 Å². The van der Waals surface area contributed by atoms with Crippen LogP contribution in [0.15, 0.2) is 47.6 Å². The monoisotopic (exact) mass is 415 g/mol. The highest BCUT2D eigenvalue weighted by Crippen LogP contribution is 2.28. The Bertz CT molecular complexity index is 944. The molecule has 0 aliphatic carbocycles. The molecule has 2 rings (SSSR count). The lowest BCUT2D eigenvalue weighted by atomic mass is 10.1. The average molecular weight is 415 g/mol. The molecule has 0 fully saturated rings. The van der Waals surface area contributed by atoms with Crippen LogP contribution in [0.4, 0.5) is 5.69 Å². The third-order valence-corrected chi connectivity index (χ3v) is 3.78. The Balaban J connectivity index is 2.01. The van der Waals surface area contributed by atoms with Crippen molar-refractivity contribution in [3.63, 3.8) is 0 Å². The molecule has 30 heavy (non-hydrogen) atoms. The van der Waals surface area contributed by atoms with Gasteiger partial charge in [-0.15, -0.1) is 0 Å². The zero-order valence-electron chi connectivity index (χ0n) is 16.5. The van der Waals surface area contributed by atoms with Crippen molar-refractivity contribution in [3.8, 4) is 11.5 Å². The van der Waals surface area contributed by atoms with E-state index in [0.29, 0.717) is 29.2 Å². The Hall–Kier alpha value is -3.95. The van der Waals surface area contributed by atoms with Crippen molar-refractivity contribution in [1.29, 1.82) is 0 Å². The molecule has 0 bridgehead atoms. The summed E-state index contributed by atoms with van der Waals surface area (Å²) in [7, 11) is 1.26. The van der Waals surface area contributed by atoms with Crippen LogP contribution in [-0.4, -0.2) is 43.3 Å². The summed E-state index contributed by atoms with van der Waals surface area (Å²) in [6.07, 6.45) is 1.21. The van der Waals surface area contributed by atoms with Crippen LogP contribution in [0.5, 0.6) is 11.5 Å². The first kappa shape index (κ1) is 22.3. The van der Waals surface area contributed by atoms with Crippen molar-refractivity contribution in [3.05, 3.63) is 63.7 Å². The minimum Gasteiger partial charge on any atom is -0.490 e. The Morgan fingerprint density at radius 3 is 2.63 bits per heavy atom. The van der Waals surface area contributed by atoms with E-state index in [-0.39, 0.29) is 18.7 Å². The van der Waals surface area contributed by atoms with Gasteiger partial charge >= 0.3 is 5.97 Å². The van der Waals surface area contributed by atoms with E-state index in [0.717, 1.165) is 0 Å². The number of para-hydroxylation sites is 1. The van der Waals surface area contributed by atoms with Crippen LogP contribution < -0.4 is 14.9 Å². The van der Waals surface area contributed by atoms with Crippen LogP contribution in [0.25, 0.3) is 0 Å². The summed E-state index contributed by atoms with van der Waals surface area (Å²) >= 11 is 0. The van der Waals surface area contributed by atoms with E-state index in [9.17, 15) is 19.7 Å². The highest BCUT2D eigenvalue weighted by molar-refractivity contribution is 5.84. The van der Waals surface area contributed by atoms with E-state index in [1.165, 1.54) is 31.5 Å². The first-order valence-corrected chi connectivity index (χ1v) is 8.95. The Kier molecular flexibility index (Phi) is 8.30. The molecule has 0 saturated carbocycles. The molecule has 10 heteroatoms. The minimum absolute atomic E-state index is 0.125. The number of methoxy groups -OCH3 is 1. The minimum atomic E-state index is -0.537. The number of carbonyl (C=O) groups is 2. The van der Waals surface area contributed by atoms with Crippen LogP contribution in [0.3, 0.4) is 0 Å². The third kappa shape index (κ3) is 6.59. The van der Waals surface area contributed by atoms with Gasteiger partial charge in [0, 0.05) is 11.6 Å². The molecule has 0 aliphatic rings. The maximum absolute atomic E-state index is 12.0. The molecule has 2 aromatic carbocycles. The summed E-state index contributed by atoms with van der Waals surface area (Å²) in [5.74, 6) is -0.260. The van der Waals surface area contributed by atoms with Gasteiger partial charge < -0.3 is 14.2 Å². The fraction of sp³-hybridized carbons (Fsp3) is 0.250. The van der Waals surface area contributed by atoms with Gasteiger partial charge in [-0.05, 0) is 30.7 Å². The molecule has 0 aliphatic heterocycles. The zero-order chi connectivity index (χ0) is 21.9. The lowest BCUT2D eigenvalue weighted by Gasteiger charge is -2.11. The summed E-state index contributed by atoms with van der Waals surface area (Å²) in [4.78, 5) is 33.7. The number of amides is 1. The number of hydrazone groups is 1. The van der Waals surface area contributed by atoms with Crippen LogP contribution >= 0.6 is 0 Å². The van der Waals surface area contributed by atoms with Gasteiger partial charge in [-0.1, -0.05) is 18.2 Å². The van der Waals surface area contributed by atoms with E-state index in [1.54, 1.807) is 31.2 Å². The lowest BCUT2D eigenvalue weighted by Crippen LogP contribution is -2.20. The molecule has 0 saturated heterocycles. The SMILES string of the molecule is CCOc1cc(C=NNC(=O)Cc2ccccc2[N+](=O)[O-])ccc1OCC(=O)OC. The number of ether oxygens (including phenoxy) is 3. The number of benzene rings is 2. The van der Waals surface area contributed by atoms with E-state index < -0.39 is 16.8 Å². The van der Waals surface area contributed by atoms with E-state index in [1.807, 2.05) is 0 Å². The summed E-state index contributed by atoms with van der Waals surface area (Å²) < 4.78 is 15.4. The number of nitro benzene ring substituents is 1. The maximum atomic E-state index is 12.0. The normalized spacial score (nSPS) is 10.5. The highest BCUT2D eigenvalue weighted by Gasteiger charge is 2.15. The summed E-state index contributed by atoms with van der Waals surface area (Å²) in [6, 6.07) is 10.9. The Morgan fingerprint density at radius 1 is 1.17 bits per heavy atom. The molecule has 0 atom stereocenters. The quantitative estimate of drug-likeness (QED) is 0.273. The van der Waals surface area contributed by atoms with Crippen LogP contribution in [-0.2, 0) is 20.7 Å². The predicted molar refractivity (Wildman–Crippen MR) is 108 cm³/mol. The third-order valence-electron chi connectivity index (χ3n) is 3.78. The molecule has 2 aromatic rings. The van der Waals surface area contributed by atoms with Crippen molar-refractivity contribution in [1.82, 2.24) is 5.43 Å². The molecule has 158 valence electrons. The Morgan fingerprint density at radius 2 is 1.93 bits per heavy atom. The number of rotatable bonds is 10. The van der Waals surface area contributed by atoms with Gasteiger partial charge in [0.25, 0.3) is 5.69 Å². The lowest BCUT2D eigenvalue weighted by molar-refractivity contribution is -0.385. The number of nitrogens with zero attached hydrogens (tertiary/aromatic N) is 2. The topological polar surface area (TPSA) is 129 Å². The predicted octanol–water partition coefficient (Wildman–Crippen LogP) is 2.24. The van der Waals surface area contributed by atoms with Gasteiger partial charge in [-0.25, -0.2) is 10.2 Å². The van der Waals surface area contributed by atoms with Crippen LogP contribution in [0.1, 0.15) is 18.1 Å². The van der Waals surface area contributed by atoms with Gasteiger partial charge in [-0.3, -0.25) is 14.9 Å². The Labute approximate surface area is 172 Å². The van der Waals surface area contributed by atoms with Gasteiger partial charge in [-0.2, -0.15) is 5.10 Å². The maximum Gasteiger partial charge on any atom is 0.343 e. The van der Waals surface area contributed by atoms with E-state index in [4.69, 9.17) is 9.47 Å². The van der Waals surface area contributed by atoms with Crippen molar-refractivity contribution >= 4 is 23.8 Å².